The average Bonchev–Trinajstić information content (AvgIpc) is 3.42. The van der Waals surface area contributed by atoms with Crippen LogP contribution in [0.1, 0.15) is 61.7 Å². The molecule has 0 atom stereocenters. The molecule has 1 aliphatic carbocycles. The lowest BCUT2D eigenvalue weighted by Crippen LogP contribution is -2.56. The zero-order valence-electron chi connectivity index (χ0n) is 18.1. The van der Waals surface area contributed by atoms with Crippen LogP contribution in [0, 0.1) is 0 Å². The maximum atomic E-state index is 13.4. The first-order chi connectivity index (χ1) is 15.1. The lowest BCUT2D eigenvalue weighted by atomic mass is 9.86. The molecule has 1 N–H and O–H groups in total. The Kier molecular flexibility index (Phi) is 5.46. The number of likely N-dealkylation sites (tertiary alicyclic amines) is 2. The fourth-order valence-corrected chi connectivity index (χ4v) is 5.95. The Balaban J connectivity index is 1.20. The van der Waals surface area contributed by atoms with E-state index in [4.69, 9.17) is 0 Å². The van der Waals surface area contributed by atoms with E-state index in [1.165, 1.54) is 30.6 Å². The molecule has 166 valence electrons. The highest BCUT2D eigenvalue weighted by atomic mass is 16.2. The van der Waals surface area contributed by atoms with Crippen molar-refractivity contribution in [2.24, 2.45) is 0 Å². The first-order valence-corrected chi connectivity index (χ1v) is 11.8. The Morgan fingerprint density at radius 3 is 2.16 bits per heavy atom. The van der Waals surface area contributed by atoms with Crippen LogP contribution in [0.4, 0.5) is 4.79 Å². The number of carbonyl (C=O) groups excluding carboxylic acids is 3. The molecule has 5 rings (SSSR count). The second-order valence-electron chi connectivity index (χ2n) is 9.55. The lowest BCUT2D eigenvalue weighted by Gasteiger charge is -2.40. The minimum Gasteiger partial charge on any atom is -0.338 e. The van der Waals surface area contributed by atoms with Crippen molar-refractivity contribution in [1.29, 1.82) is 0 Å². The van der Waals surface area contributed by atoms with Crippen molar-refractivity contribution >= 4 is 17.8 Å². The third-order valence-electron chi connectivity index (χ3n) is 7.82. The van der Waals surface area contributed by atoms with Gasteiger partial charge in [-0.3, -0.25) is 14.5 Å². The number of nitrogens with one attached hydrogen (secondary N) is 1. The highest BCUT2D eigenvalue weighted by Gasteiger charge is 2.54. The van der Waals surface area contributed by atoms with Gasteiger partial charge in [-0.1, -0.05) is 31.0 Å². The quantitative estimate of drug-likeness (QED) is 0.757. The summed E-state index contributed by atoms with van der Waals surface area (Å²) in [4.78, 5) is 44.8. The predicted molar refractivity (Wildman–Crippen MR) is 117 cm³/mol. The summed E-state index contributed by atoms with van der Waals surface area (Å²) in [6, 6.07) is 9.68. The standard InChI is InChI=1S/C24H32N4O3/c29-21(18-6-2-1-3-7-18)27-16-12-24(13-17-27)22(30)28(23(31)25-24)20-10-14-26(15-11-20)19-8-4-5-9-19/h1-3,6-7,19-20H,4-5,8-17H2,(H,25,31). The SMILES string of the molecule is O=C(c1ccccc1)N1CCC2(CC1)NC(=O)N(C1CCN(C3CCCC3)CC1)C2=O. The molecule has 1 saturated carbocycles. The van der Waals surface area contributed by atoms with E-state index in [9.17, 15) is 14.4 Å². The van der Waals surface area contributed by atoms with Gasteiger partial charge in [-0.2, -0.15) is 0 Å². The number of carbonyl (C=O) groups is 3. The molecule has 3 saturated heterocycles. The van der Waals surface area contributed by atoms with E-state index in [0.717, 1.165) is 25.9 Å². The van der Waals surface area contributed by atoms with E-state index in [1.54, 1.807) is 4.90 Å². The highest BCUT2D eigenvalue weighted by Crippen LogP contribution is 2.34. The number of hydrogen-bond acceptors (Lipinski definition) is 4. The average molecular weight is 425 g/mol. The van der Waals surface area contributed by atoms with Gasteiger partial charge in [0.2, 0.25) is 0 Å². The monoisotopic (exact) mass is 424 g/mol. The molecule has 31 heavy (non-hydrogen) atoms. The summed E-state index contributed by atoms with van der Waals surface area (Å²) in [7, 11) is 0. The molecule has 0 aromatic heterocycles. The summed E-state index contributed by atoms with van der Waals surface area (Å²) < 4.78 is 0. The minimum atomic E-state index is -0.840. The van der Waals surface area contributed by atoms with Gasteiger partial charge >= 0.3 is 6.03 Å². The van der Waals surface area contributed by atoms with Crippen LogP contribution in [0.15, 0.2) is 30.3 Å². The molecule has 4 fully saturated rings. The normalized spacial score (nSPS) is 25.4. The molecule has 0 unspecified atom stereocenters. The van der Waals surface area contributed by atoms with Gasteiger partial charge in [0.1, 0.15) is 5.54 Å². The Labute approximate surface area is 183 Å². The Morgan fingerprint density at radius 1 is 0.871 bits per heavy atom. The number of amides is 4. The fraction of sp³-hybridized carbons (Fsp3) is 0.625. The molecule has 3 aliphatic heterocycles. The molecule has 7 heteroatoms. The van der Waals surface area contributed by atoms with E-state index in [1.807, 2.05) is 30.3 Å². The summed E-state index contributed by atoms with van der Waals surface area (Å²) in [5, 5.41) is 3.02. The van der Waals surface area contributed by atoms with Gasteiger partial charge in [0.25, 0.3) is 11.8 Å². The molecular formula is C24H32N4O3. The van der Waals surface area contributed by atoms with E-state index >= 15 is 0 Å². The number of rotatable bonds is 3. The van der Waals surface area contributed by atoms with Crippen LogP contribution in [-0.2, 0) is 4.79 Å². The van der Waals surface area contributed by atoms with Crippen LogP contribution in [0.3, 0.4) is 0 Å². The number of piperidine rings is 2. The zero-order chi connectivity index (χ0) is 21.4. The summed E-state index contributed by atoms with van der Waals surface area (Å²) in [5.41, 5.74) is -0.177. The molecule has 0 bridgehead atoms. The van der Waals surface area contributed by atoms with Crippen LogP contribution in [-0.4, -0.2) is 76.3 Å². The molecule has 4 aliphatic rings. The van der Waals surface area contributed by atoms with Crippen LogP contribution >= 0.6 is 0 Å². The molecular weight excluding hydrogens is 392 g/mol. The van der Waals surface area contributed by atoms with Crippen molar-refractivity contribution < 1.29 is 14.4 Å². The first kappa shape index (κ1) is 20.5. The topological polar surface area (TPSA) is 73.0 Å². The molecule has 4 amide bonds. The van der Waals surface area contributed by atoms with Gasteiger partial charge in [0.15, 0.2) is 0 Å². The molecule has 0 radical (unpaired) electrons. The smallest absolute Gasteiger partial charge is 0.325 e. The van der Waals surface area contributed by atoms with E-state index in [0.29, 0.717) is 37.5 Å². The van der Waals surface area contributed by atoms with Gasteiger partial charge in [0.05, 0.1) is 0 Å². The molecule has 1 aromatic carbocycles. The number of hydrogen-bond donors (Lipinski definition) is 1. The van der Waals surface area contributed by atoms with Crippen molar-refractivity contribution in [3.63, 3.8) is 0 Å². The van der Waals surface area contributed by atoms with Gasteiger partial charge in [-0.05, 0) is 50.7 Å². The predicted octanol–water partition coefficient (Wildman–Crippen LogP) is 2.62. The summed E-state index contributed by atoms with van der Waals surface area (Å²) in [5.74, 6) is -0.0908. The van der Waals surface area contributed by atoms with Gasteiger partial charge in [-0.15, -0.1) is 0 Å². The van der Waals surface area contributed by atoms with Crippen molar-refractivity contribution in [2.75, 3.05) is 26.2 Å². The van der Waals surface area contributed by atoms with E-state index in [2.05, 4.69) is 10.2 Å². The fourth-order valence-electron chi connectivity index (χ4n) is 5.95. The summed E-state index contributed by atoms with van der Waals surface area (Å²) in [6.45, 7) is 2.90. The maximum Gasteiger partial charge on any atom is 0.325 e. The van der Waals surface area contributed by atoms with Crippen molar-refractivity contribution in [3.8, 4) is 0 Å². The largest absolute Gasteiger partial charge is 0.338 e. The number of imide groups is 1. The third-order valence-corrected chi connectivity index (χ3v) is 7.82. The molecule has 7 nitrogen and oxygen atoms in total. The lowest BCUT2D eigenvalue weighted by molar-refractivity contribution is -0.135. The molecule has 1 spiro atoms. The third kappa shape index (κ3) is 3.73. The van der Waals surface area contributed by atoms with Crippen molar-refractivity contribution in [3.05, 3.63) is 35.9 Å². The van der Waals surface area contributed by atoms with Gasteiger partial charge in [0, 0.05) is 43.8 Å². The van der Waals surface area contributed by atoms with Crippen LogP contribution in [0.5, 0.6) is 0 Å². The van der Waals surface area contributed by atoms with Crippen LogP contribution in [0.2, 0.25) is 0 Å². The van der Waals surface area contributed by atoms with Crippen LogP contribution in [0.25, 0.3) is 0 Å². The van der Waals surface area contributed by atoms with E-state index in [-0.39, 0.29) is 23.9 Å². The highest BCUT2D eigenvalue weighted by molar-refractivity contribution is 6.07. The Hall–Kier alpha value is -2.41. The van der Waals surface area contributed by atoms with Crippen molar-refractivity contribution in [1.82, 2.24) is 20.0 Å². The molecule has 3 heterocycles. The summed E-state index contributed by atoms with van der Waals surface area (Å²) in [6.07, 6.45) is 7.91. The summed E-state index contributed by atoms with van der Waals surface area (Å²) >= 11 is 0. The first-order valence-electron chi connectivity index (χ1n) is 11.8. The van der Waals surface area contributed by atoms with E-state index < -0.39 is 5.54 Å². The second kappa shape index (κ2) is 8.26. The minimum absolute atomic E-state index is 0.00601. The Bertz CT molecular complexity index is 836. The number of urea groups is 1. The zero-order valence-corrected chi connectivity index (χ0v) is 18.1. The maximum absolute atomic E-state index is 13.4. The second-order valence-corrected chi connectivity index (χ2v) is 9.55. The Morgan fingerprint density at radius 2 is 1.52 bits per heavy atom. The van der Waals surface area contributed by atoms with Gasteiger partial charge < -0.3 is 15.1 Å². The van der Waals surface area contributed by atoms with Crippen LogP contribution < -0.4 is 5.32 Å². The number of benzene rings is 1. The van der Waals surface area contributed by atoms with Crippen molar-refractivity contribution in [2.45, 2.75) is 69.0 Å². The van der Waals surface area contributed by atoms with Gasteiger partial charge in [-0.25, -0.2) is 4.79 Å². The number of nitrogens with zero attached hydrogens (tertiary/aromatic N) is 3. The molecule has 1 aromatic rings.